The van der Waals surface area contributed by atoms with Crippen LogP contribution in [0.1, 0.15) is 0 Å². The fourth-order valence-corrected chi connectivity index (χ4v) is 0. The van der Waals surface area contributed by atoms with Crippen LogP contribution in [0.2, 0.25) is 0 Å². The largest absolute Gasteiger partial charge is 1.00 e. The van der Waals surface area contributed by atoms with Crippen LogP contribution < -0.4 is 193 Å². The summed E-state index contributed by atoms with van der Waals surface area (Å²) in [6.07, 6.45) is 0. The van der Waals surface area contributed by atoms with E-state index in [4.69, 9.17) is 29.7 Å². The van der Waals surface area contributed by atoms with E-state index >= 15 is 0 Å². The smallest absolute Gasteiger partial charge is 0.584 e. The summed E-state index contributed by atoms with van der Waals surface area (Å²) in [6.45, 7) is 7.33. The summed E-state index contributed by atoms with van der Waals surface area (Å²) in [7, 11) is 0. The molecule has 0 fully saturated rings. The zero-order valence-corrected chi connectivity index (χ0v) is 24.1. The third-order valence-electron chi connectivity index (χ3n) is 0. The number of carboxylic acids is 3. The topological polar surface area (TPSA) is 120 Å². The number of hydrogen-bond acceptors (Lipinski definition) is 6. The van der Waals surface area contributed by atoms with Gasteiger partial charge in [-0.2, -0.15) is 0 Å². The van der Waals surface area contributed by atoms with Crippen LogP contribution in [0.4, 0.5) is 0 Å². The van der Waals surface area contributed by atoms with E-state index in [1.807, 2.05) is 0 Å². The van der Waals surface area contributed by atoms with E-state index in [0.29, 0.717) is 0 Å². The molecule has 0 heterocycles. The minimum absolute atomic E-state index is 0. The van der Waals surface area contributed by atoms with Crippen LogP contribution in [0.3, 0.4) is 0 Å². The molecule has 0 saturated carbocycles. The molecular formula is C6H6Na6O6. The van der Waals surface area contributed by atoms with Gasteiger partial charge in [0, 0.05) is 0 Å². The van der Waals surface area contributed by atoms with Crippen LogP contribution in [0.15, 0.2) is 0 Å². The molecule has 6 nitrogen and oxygen atoms in total. The monoisotopic (exact) mass is 312 g/mol. The summed E-state index contributed by atoms with van der Waals surface area (Å²) < 4.78 is 0. The molecule has 0 aliphatic carbocycles. The number of aliphatic carboxylic acids is 3. The van der Waals surface area contributed by atoms with E-state index in [1.54, 1.807) is 0 Å². The van der Waals surface area contributed by atoms with Gasteiger partial charge in [0.15, 0.2) is 0 Å². The van der Waals surface area contributed by atoms with Crippen molar-refractivity contribution in [2.75, 3.05) is 0 Å². The van der Waals surface area contributed by atoms with Gasteiger partial charge < -0.3 is 50.5 Å². The number of carboxylic acid groups (broad SMARTS) is 3. The average Bonchev–Trinajstić information content (AvgIpc) is 1.54. The summed E-state index contributed by atoms with van der Waals surface area (Å²) in [5, 5.41) is 26.3. The van der Waals surface area contributed by atoms with Crippen molar-refractivity contribution < 1.29 is 207 Å². The van der Waals surface area contributed by atoms with Crippen molar-refractivity contribution in [1.29, 1.82) is 0 Å². The molecule has 18 heavy (non-hydrogen) atoms. The maximum absolute atomic E-state index is 8.78. The van der Waals surface area contributed by atoms with Crippen LogP contribution in [-0.2, 0) is 14.4 Å². The Hall–Kier alpha value is 4.02. The van der Waals surface area contributed by atoms with Gasteiger partial charge in [0.05, 0.1) is 0 Å². The summed E-state index contributed by atoms with van der Waals surface area (Å²) in [5.41, 5.74) is 0. The second-order valence-corrected chi connectivity index (χ2v) is 1.12. The van der Waals surface area contributed by atoms with Crippen molar-refractivity contribution in [3.63, 3.8) is 0 Å². The SMILES string of the molecule is [CH2-]C(=O)[O-].[CH2-]C(=O)[O-].[CH2-]C(=O)[O-].[Na+].[Na+].[Na+].[Na+].[Na+].[Na+]. The Labute approximate surface area is 240 Å². The second-order valence-electron chi connectivity index (χ2n) is 1.12. The predicted molar refractivity (Wildman–Crippen MR) is 31.1 cm³/mol. The quantitative estimate of drug-likeness (QED) is 0.323. The molecule has 0 aromatic heterocycles. The van der Waals surface area contributed by atoms with Crippen molar-refractivity contribution >= 4 is 17.9 Å². The van der Waals surface area contributed by atoms with Gasteiger partial charge in [0.25, 0.3) is 0 Å². The molecule has 0 rings (SSSR count). The number of hydrogen-bond donors (Lipinski definition) is 0. The molecule has 0 unspecified atom stereocenters. The Morgan fingerprint density at radius 3 is 0.500 bits per heavy atom. The second kappa shape index (κ2) is 49.7. The molecule has 12 heteroatoms. The van der Waals surface area contributed by atoms with Gasteiger partial charge in [-0.05, 0) is 0 Å². The fourth-order valence-electron chi connectivity index (χ4n) is 0. The maximum atomic E-state index is 8.78. The molecule has 0 aliphatic heterocycles. The van der Waals surface area contributed by atoms with E-state index in [1.165, 1.54) is 0 Å². The normalized spacial score (nSPS) is 4.00. The minimum Gasteiger partial charge on any atom is -0.584 e. The molecule has 0 aromatic rings. The first-order chi connectivity index (χ1) is 5.20. The Morgan fingerprint density at radius 1 is 0.500 bits per heavy atom. The van der Waals surface area contributed by atoms with E-state index < -0.39 is 17.9 Å². The van der Waals surface area contributed by atoms with Crippen LogP contribution in [0.25, 0.3) is 0 Å². The van der Waals surface area contributed by atoms with Crippen molar-refractivity contribution in [3.8, 4) is 0 Å². The molecule has 0 radical (unpaired) electrons. The van der Waals surface area contributed by atoms with Crippen molar-refractivity contribution in [2.24, 2.45) is 0 Å². The Balaban J connectivity index is -0.00000000827. The van der Waals surface area contributed by atoms with E-state index in [0.717, 1.165) is 0 Å². The van der Waals surface area contributed by atoms with E-state index in [-0.39, 0.29) is 177 Å². The molecule has 0 aliphatic rings. The zero-order chi connectivity index (χ0) is 10.7. The molecule has 0 aromatic carbocycles. The molecule has 0 spiro atoms. The van der Waals surface area contributed by atoms with Crippen molar-refractivity contribution in [2.45, 2.75) is 0 Å². The van der Waals surface area contributed by atoms with Crippen LogP contribution >= 0.6 is 0 Å². The first kappa shape index (κ1) is 57.4. The summed E-state index contributed by atoms with van der Waals surface area (Å²) in [5.74, 6) is -4.00. The molecule has 72 valence electrons. The molecule has 0 saturated heterocycles. The van der Waals surface area contributed by atoms with E-state index in [9.17, 15) is 0 Å². The molecular weight excluding hydrogens is 306 g/mol. The fraction of sp³-hybridized carbons (Fsp3) is 0. The van der Waals surface area contributed by atoms with Crippen LogP contribution in [0.5, 0.6) is 0 Å². The summed E-state index contributed by atoms with van der Waals surface area (Å²) in [6, 6.07) is 0. The van der Waals surface area contributed by atoms with Gasteiger partial charge in [-0.3, -0.25) is 0 Å². The maximum Gasteiger partial charge on any atom is 1.00 e. The molecule has 0 N–H and O–H groups in total. The zero-order valence-electron chi connectivity index (χ0n) is 12.1. The number of carbonyl (C=O) groups is 3. The van der Waals surface area contributed by atoms with Gasteiger partial charge in [0.2, 0.25) is 0 Å². The predicted octanol–water partition coefficient (Wildman–Crippen LogP) is -22.3. The van der Waals surface area contributed by atoms with Gasteiger partial charge >= 0.3 is 177 Å². The van der Waals surface area contributed by atoms with Gasteiger partial charge in [-0.15, -0.1) is 17.9 Å². The van der Waals surface area contributed by atoms with Gasteiger partial charge in [-0.25, -0.2) is 0 Å². The Morgan fingerprint density at radius 2 is 0.500 bits per heavy atom. The first-order valence-corrected chi connectivity index (χ1v) is 2.29. The standard InChI is InChI=1S/3C2H3O2.6Na/c3*1-2(3)4;;;;;;/h3*1H2,(H,3,4);;;;;;/q3*-1;6*+1/p-3. The molecule has 0 atom stereocenters. The third-order valence-corrected chi connectivity index (χ3v) is 0. The average molecular weight is 312 g/mol. The van der Waals surface area contributed by atoms with Gasteiger partial charge in [0.1, 0.15) is 0 Å². The van der Waals surface area contributed by atoms with Crippen LogP contribution in [0, 0.1) is 20.8 Å². The molecule has 0 bridgehead atoms. The van der Waals surface area contributed by atoms with Crippen molar-refractivity contribution in [3.05, 3.63) is 20.8 Å². The Bertz CT molecular complexity index is 126. The van der Waals surface area contributed by atoms with E-state index in [2.05, 4.69) is 20.8 Å². The molecule has 0 amide bonds. The first-order valence-electron chi connectivity index (χ1n) is 2.29. The summed E-state index contributed by atoms with van der Waals surface area (Å²) >= 11 is 0. The number of carbonyl (C=O) groups excluding carboxylic acids is 3. The minimum atomic E-state index is -1.33. The summed E-state index contributed by atoms with van der Waals surface area (Å²) in [4.78, 5) is 26.3. The van der Waals surface area contributed by atoms with Gasteiger partial charge in [-0.1, -0.05) is 0 Å². The van der Waals surface area contributed by atoms with Crippen molar-refractivity contribution in [1.82, 2.24) is 0 Å². The number of rotatable bonds is 0. The third kappa shape index (κ3) is 448. The van der Waals surface area contributed by atoms with Crippen LogP contribution in [-0.4, -0.2) is 17.9 Å². The Kier molecular flexibility index (Phi) is 158.